The highest BCUT2D eigenvalue weighted by atomic mass is 16.3. The van der Waals surface area contributed by atoms with Crippen molar-refractivity contribution in [2.75, 3.05) is 11.4 Å². The van der Waals surface area contributed by atoms with E-state index in [2.05, 4.69) is 36.9 Å². The molecule has 0 bridgehead atoms. The molecule has 0 saturated heterocycles. The van der Waals surface area contributed by atoms with Gasteiger partial charge in [-0.1, -0.05) is 32.0 Å². The van der Waals surface area contributed by atoms with E-state index in [1.54, 1.807) is 0 Å². The van der Waals surface area contributed by atoms with Crippen molar-refractivity contribution in [1.29, 1.82) is 0 Å². The Kier molecular flexibility index (Phi) is 2.96. The van der Waals surface area contributed by atoms with E-state index < -0.39 is 0 Å². The predicted molar refractivity (Wildman–Crippen MR) is 63.0 cm³/mol. The standard InChI is InChI=1S/C13H19NO/c1-10(2)9-14-12-6-4-3-5-11(12)7-8-13(14)15/h3-6,10,13,15H,7-9H2,1-2H3. The molecule has 0 fully saturated rings. The summed E-state index contributed by atoms with van der Waals surface area (Å²) in [6.07, 6.45) is 1.54. The first kappa shape index (κ1) is 10.5. The van der Waals surface area contributed by atoms with Crippen LogP contribution in [-0.4, -0.2) is 17.9 Å². The zero-order valence-corrected chi connectivity index (χ0v) is 9.48. The summed E-state index contributed by atoms with van der Waals surface area (Å²) in [5.74, 6) is 0.575. The molecule has 1 N–H and O–H groups in total. The van der Waals surface area contributed by atoms with Gasteiger partial charge in [0, 0.05) is 12.2 Å². The lowest BCUT2D eigenvalue weighted by molar-refractivity contribution is 0.150. The number of nitrogens with zero attached hydrogens (tertiary/aromatic N) is 1. The second-order valence-electron chi connectivity index (χ2n) is 4.69. The van der Waals surface area contributed by atoms with Crippen molar-refractivity contribution in [2.24, 2.45) is 5.92 Å². The molecule has 1 atom stereocenters. The van der Waals surface area contributed by atoms with Gasteiger partial charge in [0.2, 0.25) is 0 Å². The number of benzene rings is 1. The summed E-state index contributed by atoms with van der Waals surface area (Å²) in [5.41, 5.74) is 2.58. The first-order valence-corrected chi connectivity index (χ1v) is 5.71. The molecule has 2 heteroatoms. The van der Waals surface area contributed by atoms with Gasteiger partial charge >= 0.3 is 0 Å². The predicted octanol–water partition coefficient (Wildman–Crippen LogP) is 2.41. The summed E-state index contributed by atoms with van der Waals surface area (Å²) in [7, 11) is 0. The van der Waals surface area contributed by atoms with Crippen LogP contribution in [-0.2, 0) is 6.42 Å². The van der Waals surface area contributed by atoms with Crippen molar-refractivity contribution in [2.45, 2.75) is 32.9 Å². The van der Waals surface area contributed by atoms with Crippen LogP contribution < -0.4 is 4.90 Å². The molecule has 1 heterocycles. The number of fused-ring (bicyclic) bond motifs is 1. The highest BCUT2D eigenvalue weighted by Crippen LogP contribution is 2.29. The fraction of sp³-hybridized carbons (Fsp3) is 0.538. The molecule has 0 spiro atoms. The first-order valence-electron chi connectivity index (χ1n) is 5.71. The van der Waals surface area contributed by atoms with E-state index in [1.165, 1.54) is 11.3 Å². The number of hydrogen-bond acceptors (Lipinski definition) is 2. The van der Waals surface area contributed by atoms with Crippen LogP contribution in [0.4, 0.5) is 5.69 Å². The molecule has 1 aromatic carbocycles. The summed E-state index contributed by atoms with van der Waals surface area (Å²) in [6.45, 7) is 5.30. The highest BCUT2D eigenvalue weighted by Gasteiger charge is 2.24. The number of anilines is 1. The number of aliphatic hydroxyl groups excluding tert-OH is 1. The zero-order valence-electron chi connectivity index (χ0n) is 9.48. The molecular weight excluding hydrogens is 186 g/mol. The third-order valence-electron chi connectivity index (χ3n) is 2.89. The van der Waals surface area contributed by atoms with Crippen molar-refractivity contribution in [3.8, 4) is 0 Å². The van der Waals surface area contributed by atoms with E-state index in [-0.39, 0.29) is 6.23 Å². The largest absolute Gasteiger partial charge is 0.374 e. The number of aliphatic hydroxyl groups is 1. The first-order chi connectivity index (χ1) is 7.18. The topological polar surface area (TPSA) is 23.5 Å². The molecule has 0 saturated carbocycles. The Morgan fingerprint density at radius 3 is 2.87 bits per heavy atom. The van der Waals surface area contributed by atoms with E-state index in [9.17, 15) is 5.11 Å². The van der Waals surface area contributed by atoms with Gasteiger partial charge in [0.05, 0.1) is 0 Å². The molecule has 15 heavy (non-hydrogen) atoms. The fourth-order valence-electron chi connectivity index (χ4n) is 2.22. The van der Waals surface area contributed by atoms with Gasteiger partial charge < -0.3 is 10.0 Å². The lowest BCUT2D eigenvalue weighted by atomic mass is 9.99. The molecule has 2 nitrogen and oxygen atoms in total. The van der Waals surface area contributed by atoms with Crippen LogP contribution in [0, 0.1) is 5.92 Å². The minimum absolute atomic E-state index is 0.303. The van der Waals surface area contributed by atoms with E-state index >= 15 is 0 Å². The Morgan fingerprint density at radius 1 is 1.40 bits per heavy atom. The van der Waals surface area contributed by atoms with Crippen LogP contribution in [0.2, 0.25) is 0 Å². The van der Waals surface area contributed by atoms with Gasteiger partial charge in [-0.3, -0.25) is 0 Å². The molecule has 82 valence electrons. The van der Waals surface area contributed by atoms with Gasteiger partial charge in [0.15, 0.2) is 0 Å². The maximum atomic E-state index is 9.99. The van der Waals surface area contributed by atoms with Crippen LogP contribution in [0.25, 0.3) is 0 Å². The van der Waals surface area contributed by atoms with Gasteiger partial charge in [-0.15, -0.1) is 0 Å². The maximum absolute atomic E-state index is 9.99. The molecule has 0 aliphatic carbocycles. The molecule has 0 radical (unpaired) electrons. The van der Waals surface area contributed by atoms with Gasteiger partial charge in [-0.25, -0.2) is 0 Å². The van der Waals surface area contributed by atoms with Crippen LogP contribution in [0.1, 0.15) is 25.8 Å². The van der Waals surface area contributed by atoms with E-state index in [0.29, 0.717) is 5.92 Å². The Labute approximate surface area is 91.5 Å². The number of hydrogen-bond donors (Lipinski definition) is 1. The van der Waals surface area contributed by atoms with E-state index in [0.717, 1.165) is 19.4 Å². The third kappa shape index (κ3) is 2.15. The fourth-order valence-corrected chi connectivity index (χ4v) is 2.22. The molecule has 0 amide bonds. The average molecular weight is 205 g/mol. The molecule has 0 aromatic heterocycles. The second kappa shape index (κ2) is 4.23. The number of rotatable bonds is 2. The lowest BCUT2D eigenvalue weighted by Gasteiger charge is -2.36. The minimum Gasteiger partial charge on any atom is -0.374 e. The normalized spacial score (nSPS) is 20.5. The average Bonchev–Trinajstić information content (AvgIpc) is 2.22. The summed E-state index contributed by atoms with van der Waals surface area (Å²) >= 11 is 0. The van der Waals surface area contributed by atoms with Gasteiger partial charge in [-0.2, -0.15) is 0 Å². The monoisotopic (exact) mass is 205 g/mol. The van der Waals surface area contributed by atoms with Gasteiger partial charge in [0.25, 0.3) is 0 Å². The van der Waals surface area contributed by atoms with E-state index in [1.807, 2.05) is 6.07 Å². The van der Waals surface area contributed by atoms with Crippen LogP contribution in [0.5, 0.6) is 0 Å². The van der Waals surface area contributed by atoms with Crippen LogP contribution in [0.15, 0.2) is 24.3 Å². The molecule has 1 aliphatic rings. The molecule has 2 rings (SSSR count). The number of aryl methyl sites for hydroxylation is 1. The van der Waals surface area contributed by atoms with Crippen LogP contribution in [0.3, 0.4) is 0 Å². The van der Waals surface area contributed by atoms with E-state index in [4.69, 9.17) is 0 Å². The Balaban J connectivity index is 2.28. The molecular formula is C13H19NO. The summed E-state index contributed by atoms with van der Waals surface area (Å²) in [4.78, 5) is 2.13. The van der Waals surface area contributed by atoms with Crippen molar-refractivity contribution in [3.05, 3.63) is 29.8 Å². The SMILES string of the molecule is CC(C)CN1c2ccccc2CCC1O. The van der Waals surface area contributed by atoms with Crippen molar-refractivity contribution in [1.82, 2.24) is 0 Å². The molecule has 1 aliphatic heterocycles. The van der Waals surface area contributed by atoms with Crippen molar-refractivity contribution < 1.29 is 5.11 Å². The smallest absolute Gasteiger partial charge is 0.127 e. The quantitative estimate of drug-likeness (QED) is 0.801. The molecule has 1 unspecified atom stereocenters. The summed E-state index contributed by atoms with van der Waals surface area (Å²) in [6, 6.07) is 8.39. The minimum atomic E-state index is -0.303. The van der Waals surface area contributed by atoms with Gasteiger partial charge in [-0.05, 0) is 30.4 Å². The zero-order chi connectivity index (χ0) is 10.8. The number of para-hydroxylation sites is 1. The summed E-state index contributed by atoms with van der Waals surface area (Å²) < 4.78 is 0. The van der Waals surface area contributed by atoms with Crippen molar-refractivity contribution >= 4 is 5.69 Å². The Bertz CT molecular complexity index is 335. The third-order valence-corrected chi connectivity index (χ3v) is 2.89. The van der Waals surface area contributed by atoms with Crippen molar-refractivity contribution in [3.63, 3.8) is 0 Å². The Morgan fingerprint density at radius 2 is 2.13 bits per heavy atom. The Hall–Kier alpha value is -1.02. The molecule has 1 aromatic rings. The van der Waals surface area contributed by atoms with Crippen LogP contribution >= 0.6 is 0 Å². The van der Waals surface area contributed by atoms with Gasteiger partial charge in [0.1, 0.15) is 6.23 Å². The highest BCUT2D eigenvalue weighted by molar-refractivity contribution is 5.55. The lowest BCUT2D eigenvalue weighted by Crippen LogP contribution is -2.41. The second-order valence-corrected chi connectivity index (χ2v) is 4.69. The summed E-state index contributed by atoms with van der Waals surface area (Å²) in [5, 5.41) is 9.99. The maximum Gasteiger partial charge on any atom is 0.127 e.